The summed E-state index contributed by atoms with van der Waals surface area (Å²) in [5.74, 6) is 0.184. The summed E-state index contributed by atoms with van der Waals surface area (Å²) in [7, 11) is 0. The minimum atomic E-state index is -0.277. The minimum absolute atomic E-state index is 0.0790. The average molecular weight is 402 g/mol. The van der Waals surface area contributed by atoms with Crippen molar-refractivity contribution in [1.82, 2.24) is 10.6 Å². The van der Waals surface area contributed by atoms with Gasteiger partial charge in [0.25, 0.3) is 0 Å². The molecule has 0 saturated carbocycles. The predicted octanol–water partition coefficient (Wildman–Crippen LogP) is 5.10. The summed E-state index contributed by atoms with van der Waals surface area (Å²) >= 11 is 5.85. The molecule has 0 aliphatic heterocycles. The third-order valence-electron chi connectivity index (χ3n) is 4.55. The van der Waals surface area contributed by atoms with Crippen molar-refractivity contribution >= 4 is 29.2 Å². The van der Waals surface area contributed by atoms with Crippen molar-refractivity contribution < 1.29 is 9.59 Å². The number of halogens is 1. The van der Waals surface area contributed by atoms with Gasteiger partial charge in [-0.25, -0.2) is 4.79 Å². The van der Waals surface area contributed by atoms with Gasteiger partial charge >= 0.3 is 6.03 Å². The number of benzene rings is 2. The van der Waals surface area contributed by atoms with Gasteiger partial charge in [-0.15, -0.1) is 0 Å². The smallest absolute Gasteiger partial charge is 0.319 e. The van der Waals surface area contributed by atoms with Gasteiger partial charge in [0, 0.05) is 29.7 Å². The van der Waals surface area contributed by atoms with E-state index in [-0.39, 0.29) is 17.9 Å². The van der Waals surface area contributed by atoms with Crippen molar-refractivity contribution in [3.8, 4) is 0 Å². The fourth-order valence-electron chi connectivity index (χ4n) is 2.87. The highest BCUT2D eigenvalue weighted by Crippen LogP contribution is 2.13. The number of hydrogen-bond donors (Lipinski definition) is 3. The molecule has 2 aromatic carbocycles. The van der Waals surface area contributed by atoms with E-state index in [4.69, 9.17) is 11.6 Å². The first kappa shape index (κ1) is 21.8. The van der Waals surface area contributed by atoms with Gasteiger partial charge in [0.05, 0.1) is 0 Å². The molecule has 6 heteroatoms. The van der Waals surface area contributed by atoms with E-state index in [0.717, 1.165) is 30.4 Å². The monoisotopic (exact) mass is 401 g/mol. The third kappa shape index (κ3) is 7.24. The SMILES string of the molecule is CCC[C@H](CC)C(=O)NCc1ccc(NC(=O)NCc2ccc(Cl)cc2)cc1. The first-order valence-corrected chi connectivity index (χ1v) is 10.1. The van der Waals surface area contributed by atoms with Crippen molar-refractivity contribution in [3.63, 3.8) is 0 Å². The molecule has 2 rings (SSSR count). The Bertz CT molecular complexity index is 760. The molecule has 28 heavy (non-hydrogen) atoms. The van der Waals surface area contributed by atoms with E-state index in [1.165, 1.54) is 0 Å². The molecule has 2 aromatic rings. The van der Waals surface area contributed by atoms with Crippen molar-refractivity contribution in [3.05, 3.63) is 64.7 Å². The van der Waals surface area contributed by atoms with Gasteiger partial charge in [0.1, 0.15) is 0 Å². The number of amides is 3. The first-order chi connectivity index (χ1) is 13.5. The Labute approximate surface area is 171 Å². The fraction of sp³-hybridized carbons (Fsp3) is 0.364. The Kier molecular flexibility index (Phi) is 8.82. The average Bonchev–Trinajstić information content (AvgIpc) is 2.71. The minimum Gasteiger partial charge on any atom is -0.352 e. The number of carbonyl (C=O) groups is 2. The van der Waals surface area contributed by atoms with Crippen LogP contribution in [0.1, 0.15) is 44.2 Å². The third-order valence-corrected chi connectivity index (χ3v) is 4.80. The molecule has 150 valence electrons. The highest BCUT2D eigenvalue weighted by atomic mass is 35.5. The zero-order valence-corrected chi connectivity index (χ0v) is 17.2. The van der Waals surface area contributed by atoms with Crippen LogP contribution in [0.25, 0.3) is 0 Å². The second-order valence-corrected chi connectivity index (χ2v) is 7.18. The molecule has 0 unspecified atom stereocenters. The number of anilines is 1. The second kappa shape index (κ2) is 11.3. The fourth-order valence-corrected chi connectivity index (χ4v) is 2.99. The molecule has 0 radical (unpaired) electrons. The van der Waals surface area contributed by atoms with Crippen molar-refractivity contribution in [2.45, 2.75) is 46.2 Å². The van der Waals surface area contributed by atoms with E-state index in [1.54, 1.807) is 12.1 Å². The van der Waals surface area contributed by atoms with E-state index < -0.39 is 0 Å². The Morgan fingerprint density at radius 1 is 0.893 bits per heavy atom. The molecule has 0 aliphatic rings. The van der Waals surface area contributed by atoms with E-state index in [0.29, 0.717) is 23.8 Å². The van der Waals surface area contributed by atoms with E-state index in [9.17, 15) is 9.59 Å². The molecule has 0 fully saturated rings. The molecule has 0 heterocycles. The lowest BCUT2D eigenvalue weighted by Gasteiger charge is -2.14. The number of urea groups is 1. The van der Waals surface area contributed by atoms with Crippen LogP contribution in [-0.4, -0.2) is 11.9 Å². The normalized spacial score (nSPS) is 11.5. The molecule has 5 nitrogen and oxygen atoms in total. The van der Waals surface area contributed by atoms with Gasteiger partial charge in [0.15, 0.2) is 0 Å². The largest absolute Gasteiger partial charge is 0.352 e. The number of carbonyl (C=O) groups excluding carboxylic acids is 2. The molecule has 0 aromatic heterocycles. The Balaban J connectivity index is 1.77. The molecule has 0 saturated heterocycles. The predicted molar refractivity (Wildman–Crippen MR) is 114 cm³/mol. The lowest BCUT2D eigenvalue weighted by molar-refractivity contribution is -0.125. The number of rotatable bonds is 9. The Morgan fingerprint density at radius 3 is 2.04 bits per heavy atom. The molecule has 0 spiro atoms. The molecular formula is C22H28ClN3O2. The highest BCUT2D eigenvalue weighted by molar-refractivity contribution is 6.30. The van der Waals surface area contributed by atoms with Crippen LogP contribution >= 0.6 is 11.6 Å². The topological polar surface area (TPSA) is 70.2 Å². The molecular weight excluding hydrogens is 374 g/mol. The van der Waals surface area contributed by atoms with Gasteiger partial charge in [-0.05, 0) is 48.2 Å². The van der Waals surface area contributed by atoms with Crippen LogP contribution in [0.5, 0.6) is 0 Å². The van der Waals surface area contributed by atoms with E-state index in [1.807, 2.05) is 43.3 Å². The summed E-state index contributed by atoms with van der Waals surface area (Å²) < 4.78 is 0. The van der Waals surface area contributed by atoms with E-state index in [2.05, 4.69) is 22.9 Å². The van der Waals surface area contributed by atoms with Crippen LogP contribution in [0.15, 0.2) is 48.5 Å². The van der Waals surface area contributed by atoms with Gasteiger partial charge in [-0.2, -0.15) is 0 Å². The lowest BCUT2D eigenvalue weighted by Crippen LogP contribution is -2.30. The van der Waals surface area contributed by atoms with Crippen molar-refractivity contribution in [1.29, 1.82) is 0 Å². The Hall–Kier alpha value is -2.53. The van der Waals surface area contributed by atoms with Crippen molar-refractivity contribution in [2.24, 2.45) is 5.92 Å². The molecule has 0 bridgehead atoms. The Morgan fingerprint density at radius 2 is 1.46 bits per heavy atom. The zero-order chi connectivity index (χ0) is 20.4. The summed E-state index contributed by atoms with van der Waals surface area (Å²) in [6.07, 6.45) is 2.77. The van der Waals surface area contributed by atoms with Gasteiger partial charge in [-0.3, -0.25) is 4.79 Å². The summed E-state index contributed by atoms with van der Waals surface area (Å²) in [6.45, 7) is 5.04. The van der Waals surface area contributed by atoms with Crippen LogP contribution in [0.3, 0.4) is 0 Å². The maximum absolute atomic E-state index is 12.2. The molecule has 1 atom stereocenters. The summed E-state index contributed by atoms with van der Waals surface area (Å²) in [4.78, 5) is 24.2. The number of hydrogen-bond acceptors (Lipinski definition) is 2. The summed E-state index contributed by atoms with van der Waals surface area (Å²) in [5, 5.41) is 9.25. The maximum Gasteiger partial charge on any atom is 0.319 e. The highest BCUT2D eigenvalue weighted by Gasteiger charge is 2.14. The molecule has 3 N–H and O–H groups in total. The second-order valence-electron chi connectivity index (χ2n) is 6.74. The lowest BCUT2D eigenvalue weighted by atomic mass is 10.00. The quantitative estimate of drug-likeness (QED) is 0.546. The molecule has 3 amide bonds. The number of nitrogens with one attached hydrogen (secondary N) is 3. The summed E-state index contributed by atoms with van der Waals surface area (Å²) in [6, 6.07) is 14.5. The first-order valence-electron chi connectivity index (χ1n) is 9.67. The standard InChI is InChI=1S/C22H28ClN3O2/c1-3-5-18(4-2)21(27)24-14-17-8-12-20(13-9-17)26-22(28)25-15-16-6-10-19(23)11-7-16/h6-13,18H,3-5,14-15H2,1-2H3,(H,24,27)(H2,25,26,28)/t18-/m0/s1. The van der Waals surface area contributed by atoms with Gasteiger partial charge in [0.2, 0.25) is 5.91 Å². The summed E-state index contributed by atoms with van der Waals surface area (Å²) in [5.41, 5.74) is 2.66. The van der Waals surface area contributed by atoms with Crippen LogP contribution in [-0.2, 0) is 17.9 Å². The van der Waals surface area contributed by atoms with Crippen LogP contribution < -0.4 is 16.0 Å². The van der Waals surface area contributed by atoms with Gasteiger partial charge < -0.3 is 16.0 Å². The van der Waals surface area contributed by atoms with Crippen molar-refractivity contribution in [2.75, 3.05) is 5.32 Å². The zero-order valence-electron chi connectivity index (χ0n) is 16.4. The van der Waals surface area contributed by atoms with Crippen LogP contribution in [0.4, 0.5) is 10.5 Å². The maximum atomic E-state index is 12.2. The van der Waals surface area contributed by atoms with E-state index >= 15 is 0 Å². The van der Waals surface area contributed by atoms with Crippen LogP contribution in [0.2, 0.25) is 5.02 Å². The van der Waals surface area contributed by atoms with Crippen LogP contribution in [0, 0.1) is 5.92 Å². The molecule has 0 aliphatic carbocycles. The van der Waals surface area contributed by atoms with Gasteiger partial charge in [-0.1, -0.05) is 56.1 Å².